The van der Waals surface area contributed by atoms with E-state index in [4.69, 9.17) is 0 Å². The van der Waals surface area contributed by atoms with Gasteiger partial charge in [0.25, 0.3) is 0 Å². The molecule has 0 bridgehead atoms. The second-order valence-corrected chi connectivity index (χ2v) is 7.64. The molecule has 5 nitrogen and oxygen atoms in total. The zero-order valence-corrected chi connectivity index (χ0v) is 13.1. The number of aromatic nitrogens is 2. The second-order valence-electron chi connectivity index (χ2n) is 5.87. The molecule has 1 N–H and O–H groups in total. The fourth-order valence-corrected chi connectivity index (χ4v) is 4.33. The third-order valence-electron chi connectivity index (χ3n) is 3.88. The van der Waals surface area contributed by atoms with Crippen LogP contribution in [0.3, 0.4) is 0 Å². The van der Waals surface area contributed by atoms with E-state index < -0.39 is 21.9 Å². The Kier molecular flexibility index (Phi) is 4.09. The standard InChI is InChI=1S/C15H17F2N3O2S/c16-15(17)5-4-12(9-15)10-23(21,22)19-13-2-1-3-14(8-13)20-7-6-18-11-20/h1-3,6-8,11-12,19H,4-5,9-10H2. The Morgan fingerprint density at radius 1 is 1.39 bits per heavy atom. The second kappa shape index (κ2) is 5.92. The average molecular weight is 341 g/mol. The molecule has 0 spiro atoms. The predicted octanol–water partition coefficient (Wildman–Crippen LogP) is 3.05. The van der Waals surface area contributed by atoms with Crippen LogP contribution in [-0.4, -0.2) is 29.6 Å². The minimum Gasteiger partial charge on any atom is -0.306 e. The summed E-state index contributed by atoms with van der Waals surface area (Å²) >= 11 is 0. The number of imidazole rings is 1. The summed E-state index contributed by atoms with van der Waals surface area (Å²) in [5.41, 5.74) is 1.16. The molecule has 3 rings (SSSR count). The number of alkyl halides is 2. The van der Waals surface area contributed by atoms with Crippen LogP contribution < -0.4 is 4.72 Å². The summed E-state index contributed by atoms with van der Waals surface area (Å²) in [6, 6.07) is 6.83. The summed E-state index contributed by atoms with van der Waals surface area (Å²) in [6.45, 7) is 0. The van der Waals surface area contributed by atoms with Crippen LogP contribution in [0.25, 0.3) is 5.69 Å². The van der Waals surface area contributed by atoms with Gasteiger partial charge in [0.05, 0.1) is 17.8 Å². The summed E-state index contributed by atoms with van der Waals surface area (Å²) < 4.78 is 55.0. The number of hydrogen-bond acceptors (Lipinski definition) is 3. The van der Waals surface area contributed by atoms with Crippen molar-refractivity contribution in [3.05, 3.63) is 43.0 Å². The van der Waals surface area contributed by atoms with Crippen molar-refractivity contribution < 1.29 is 17.2 Å². The van der Waals surface area contributed by atoms with E-state index in [1.165, 1.54) is 0 Å². The van der Waals surface area contributed by atoms with Crippen LogP contribution in [0, 0.1) is 5.92 Å². The fourth-order valence-electron chi connectivity index (χ4n) is 2.86. The van der Waals surface area contributed by atoms with Crippen molar-refractivity contribution >= 4 is 15.7 Å². The minimum absolute atomic E-state index is 0.233. The van der Waals surface area contributed by atoms with Gasteiger partial charge in [-0.25, -0.2) is 22.2 Å². The highest BCUT2D eigenvalue weighted by atomic mass is 32.2. The summed E-state index contributed by atoms with van der Waals surface area (Å²) in [7, 11) is -3.66. The van der Waals surface area contributed by atoms with Gasteiger partial charge >= 0.3 is 0 Å². The highest BCUT2D eigenvalue weighted by molar-refractivity contribution is 7.92. The van der Waals surface area contributed by atoms with Gasteiger partial charge in [-0.05, 0) is 30.5 Å². The normalized spacial score (nSPS) is 20.5. The molecular formula is C15H17F2N3O2S. The van der Waals surface area contributed by atoms with Gasteiger partial charge in [-0.3, -0.25) is 4.72 Å². The molecule has 0 amide bonds. The Morgan fingerprint density at radius 3 is 2.87 bits per heavy atom. The van der Waals surface area contributed by atoms with Crippen molar-refractivity contribution in [1.82, 2.24) is 9.55 Å². The first kappa shape index (κ1) is 15.9. The number of hydrogen-bond donors (Lipinski definition) is 1. The van der Waals surface area contributed by atoms with Crippen molar-refractivity contribution in [3.63, 3.8) is 0 Å². The van der Waals surface area contributed by atoms with E-state index in [9.17, 15) is 17.2 Å². The fraction of sp³-hybridized carbons (Fsp3) is 0.400. The molecule has 1 heterocycles. The maximum atomic E-state index is 13.2. The number of nitrogens with one attached hydrogen (secondary N) is 1. The van der Waals surface area contributed by atoms with Gasteiger partial charge in [0.2, 0.25) is 15.9 Å². The number of nitrogens with zero attached hydrogens (tertiary/aromatic N) is 2. The molecule has 1 atom stereocenters. The lowest BCUT2D eigenvalue weighted by molar-refractivity contribution is 0.00593. The Hall–Kier alpha value is -1.96. The van der Waals surface area contributed by atoms with Gasteiger partial charge in [0, 0.05) is 30.9 Å². The Labute approximate surface area is 133 Å². The molecule has 8 heteroatoms. The van der Waals surface area contributed by atoms with Crippen molar-refractivity contribution in [2.45, 2.75) is 25.2 Å². The van der Waals surface area contributed by atoms with Gasteiger partial charge < -0.3 is 4.57 Å². The van der Waals surface area contributed by atoms with Gasteiger partial charge in [-0.1, -0.05) is 6.07 Å². The van der Waals surface area contributed by atoms with Crippen LogP contribution in [0.5, 0.6) is 0 Å². The van der Waals surface area contributed by atoms with E-state index >= 15 is 0 Å². The Morgan fingerprint density at radius 2 is 2.22 bits per heavy atom. The van der Waals surface area contributed by atoms with E-state index in [2.05, 4.69) is 9.71 Å². The number of halogens is 2. The third kappa shape index (κ3) is 4.07. The van der Waals surface area contributed by atoms with Crippen LogP contribution in [0.2, 0.25) is 0 Å². The van der Waals surface area contributed by atoms with Gasteiger partial charge in [0.1, 0.15) is 0 Å². The van der Waals surface area contributed by atoms with E-state index in [1.807, 2.05) is 6.07 Å². The zero-order chi connectivity index (χ0) is 16.5. The van der Waals surface area contributed by atoms with Crippen LogP contribution >= 0.6 is 0 Å². The molecule has 1 aliphatic rings. The monoisotopic (exact) mass is 341 g/mol. The van der Waals surface area contributed by atoms with Crippen LogP contribution in [-0.2, 0) is 10.0 Å². The molecule has 1 unspecified atom stereocenters. The number of sulfonamides is 1. The van der Waals surface area contributed by atoms with Crippen molar-refractivity contribution in [2.75, 3.05) is 10.5 Å². The summed E-state index contributed by atoms with van der Waals surface area (Å²) in [5, 5.41) is 0. The molecule has 1 fully saturated rings. The molecule has 1 saturated carbocycles. The molecule has 1 aromatic carbocycles. The Balaban J connectivity index is 1.70. The largest absolute Gasteiger partial charge is 0.306 e. The number of rotatable bonds is 5. The third-order valence-corrected chi connectivity index (χ3v) is 5.34. The van der Waals surface area contributed by atoms with Crippen molar-refractivity contribution in [3.8, 4) is 5.69 Å². The average Bonchev–Trinajstić information content (AvgIpc) is 3.08. The van der Waals surface area contributed by atoms with Crippen LogP contribution in [0.1, 0.15) is 19.3 Å². The summed E-state index contributed by atoms with van der Waals surface area (Å²) in [4.78, 5) is 3.94. The van der Waals surface area contributed by atoms with E-state index in [1.54, 1.807) is 41.5 Å². The molecule has 1 aromatic heterocycles. The van der Waals surface area contributed by atoms with Gasteiger partial charge in [-0.2, -0.15) is 0 Å². The molecule has 0 saturated heterocycles. The highest BCUT2D eigenvalue weighted by Gasteiger charge is 2.40. The van der Waals surface area contributed by atoms with Gasteiger partial charge in [0.15, 0.2) is 0 Å². The topological polar surface area (TPSA) is 64.0 Å². The predicted molar refractivity (Wildman–Crippen MR) is 83.3 cm³/mol. The summed E-state index contributed by atoms with van der Waals surface area (Å²) in [6.07, 6.45) is 4.62. The lowest BCUT2D eigenvalue weighted by Gasteiger charge is -2.13. The molecule has 0 radical (unpaired) electrons. The quantitative estimate of drug-likeness (QED) is 0.909. The van der Waals surface area contributed by atoms with E-state index in [-0.39, 0.29) is 25.0 Å². The maximum Gasteiger partial charge on any atom is 0.248 e. The first-order valence-electron chi connectivity index (χ1n) is 7.30. The lowest BCUT2D eigenvalue weighted by Crippen LogP contribution is -2.22. The maximum absolute atomic E-state index is 13.2. The molecule has 23 heavy (non-hydrogen) atoms. The van der Waals surface area contributed by atoms with Crippen LogP contribution in [0.4, 0.5) is 14.5 Å². The van der Waals surface area contributed by atoms with Crippen molar-refractivity contribution in [1.29, 1.82) is 0 Å². The molecular weight excluding hydrogens is 324 g/mol. The molecule has 1 aliphatic carbocycles. The first-order valence-corrected chi connectivity index (χ1v) is 8.95. The zero-order valence-electron chi connectivity index (χ0n) is 12.3. The van der Waals surface area contributed by atoms with E-state index in [0.29, 0.717) is 5.69 Å². The smallest absolute Gasteiger partial charge is 0.248 e. The Bertz CT molecular complexity index is 776. The van der Waals surface area contributed by atoms with Crippen molar-refractivity contribution in [2.24, 2.45) is 5.92 Å². The summed E-state index contributed by atoms with van der Waals surface area (Å²) in [5.74, 6) is -3.52. The molecule has 124 valence electrons. The minimum atomic E-state index is -3.66. The molecule has 2 aromatic rings. The lowest BCUT2D eigenvalue weighted by atomic mass is 10.1. The SMILES string of the molecule is O=S(=O)(CC1CCC(F)(F)C1)Nc1cccc(-n2ccnc2)c1. The molecule has 0 aliphatic heterocycles. The first-order chi connectivity index (χ1) is 10.8. The van der Waals surface area contributed by atoms with Gasteiger partial charge in [-0.15, -0.1) is 0 Å². The highest BCUT2D eigenvalue weighted by Crippen LogP contribution is 2.39. The van der Waals surface area contributed by atoms with Crippen LogP contribution in [0.15, 0.2) is 43.0 Å². The number of anilines is 1. The van der Waals surface area contributed by atoms with E-state index in [0.717, 1.165) is 5.69 Å². The number of benzene rings is 1.